The van der Waals surface area contributed by atoms with Crippen LogP contribution in [0.3, 0.4) is 0 Å². The van der Waals surface area contributed by atoms with E-state index in [0.29, 0.717) is 5.56 Å². The van der Waals surface area contributed by atoms with Crippen LogP contribution in [0.4, 0.5) is 0 Å². The van der Waals surface area contributed by atoms with E-state index < -0.39 is 21.8 Å². The number of aryl methyl sites for hydroxylation is 1. The third-order valence-electron chi connectivity index (χ3n) is 4.44. The molecule has 0 bridgehead atoms. The summed E-state index contributed by atoms with van der Waals surface area (Å²) >= 11 is 0. The molecule has 0 aliphatic rings. The third-order valence-corrected chi connectivity index (χ3v) is 5.35. The minimum absolute atomic E-state index is 0.0345. The van der Waals surface area contributed by atoms with Gasteiger partial charge in [-0.1, -0.05) is 24.6 Å². The van der Waals surface area contributed by atoms with Crippen molar-refractivity contribution in [3.63, 3.8) is 0 Å². The fourth-order valence-corrected chi connectivity index (χ4v) is 3.29. The Hall–Kier alpha value is -3.57. The number of carbonyl (C=O) groups is 2. The molecule has 0 saturated carbocycles. The van der Waals surface area contributed by atoms with Gasteiger partial charge in [0.05, 0.1) is 22.5 Å². The van der Waals surface area contributed by atoms with Crippen molar-refractivity contribution in [2.24, 2.45) is 5.14 Å². The highest BCUT2D eigenvalue weighted by molar-refractivity contribution is 7.89. The van der Waals surface area contributed by atoms with Gasteiger partial charge in [-0.05, 0) is 55.3 Å². The first-order valence-corrected chi connectivity index (χ1v) is 11.1. The Kier molecular flexibility index (Phi) is 6.78. The fourth-order valence-electron chi connectivity index (χ4n) is 2.73. The van der Waals surface area contributed by atoms with Crippen molar-refractivity contribution in [3.8, 4) is 5.69 Å². The van der Waals surface area contributed by atoms with Crippen molar-refractivity contribution in [2.45, 2.75) is 31.1 Å². The molecule has 2 aromatic carbocycles. The lowest BCUT2D eigenvalue weighted by atomic mass is 10.2. The van der Waals surface area contributed by atoms with E-state index in [-0.39, 0.29) is 10.5 Å². The van der Waals surface area contributed by atoms with Crippen LogP contribution in [-0.4, -0.2) is 35.2 Å². The minimum atomic E-state index is -3.94. The molecule has 162 valence electrons. The molecule has 4 N–H and O–H groups in total. The van der Waals surface area contributed by atoms with E-state index in [9.17, 15) is 18.0 Å². The smallest absolute Gasteiger partial charge is 0.267 e. The Morgan fingerprint density at radius 1 is 1.03 bits per heavy atom. The number of hydrogen-bond donors (Lipinski definition) is 3. The number of sulfonamides is 1. The summed E-state index contributed by atoms with van der Waals surface area (Å²) in [5.41, 5.74) is 6.53. The zero-order chi connectivity index (χ0) is 22.4. The molecule has 3 aromatic rings. The zero-order valence-corrected chi connectivity index (χ0v) is 17.6. The summed E-state index contributed by atoms with van der Waals surface area (Å²) in [6.45, 7) is 2.11. The number of nitrogens with two attached hydrogens (primary N) is 1. The molecule has 0 spiro atoms. The third kappa shape index (κ3) is 5.74. The quantitative estimate of drug-likeness (QED) is 0.470. The molecule has 0 saturated heterocycles. The van der Waals surface area contributed by atoms with Crippen molar-refractivity contribution in [3.05, 3.63) is 71.5 Å². The van der Waals surface area contributed by atoms with Crippen molar-refractivity contribution in [2.75, 3.05) is 0 Å². The number of aromatic nitrogens is 3. The largest absolute Gasteiger partial charge is 0.269 e. The number of benzene rings is 2. The second-order valence-corrected chi connectivity index (χ2v) is 8.35. The van der Waals surface area contributed by atoms with Crippen LogP contribution >= 0.6 is 0 Å². The van der Waals surface area contributed by atoms with Crippen LogP contribution in [0.2, 0.25) is 0 Å². The predicted molar refractivity (Wildman–Crippen MR) is 113 cm³/mol. The Morgan fingerprint density at radius 2 is 1.71 bits per heavy atom. The van der Waals surface area contributed by atoms with E-state index in [1.165, 1.54) is 18.2 Å². The molecular formula is C20H22N6O4S. The number of primary sulfonamides is 1. The lowest BCUT2D eigenvalue weighted by Gasteiger charge is -2.09. The maximum atomic E-state index is 12.3. The molecule has 3 rings (SSSR count). The molecule has 1 heterocycles. The Morgan fingerprint density at radius 3 is 2.35 bits per heavy atom. The van der Waals surface area contributed by atoms with Gasteiger partial charge in [0.2, 0.25) is 10.0 Å². The van der Waals surface area contributed by atoms with Crippen molar-refractivity contribution in [1.29, 1.82) is 0 Å². The van der Waals surface area contributed by atoms with E-state index >= 15 is 0 Å². The van der Waals surface area contributed by atoms with Crippen LogP contribution in [0.5, 0.6) is 0 Å². The average molecular weight is 443 g/mol. The number of nitrogens with zero attached hydrogens (tertiary/aromatic N) is 3. The monoisotopic (exact) mass is 442 g/mol. The predicted octanol–water partition coefficient (Wildman–Crippen LogP) is 1.33. The van der Waals surface area contributed by atoms with E-state index in [0.717, 1.165) is 36.7 Å². The fraction of sp³-hybridized carbons (Fsp3) is 0.200. The molecule has 0 aliphatic heterocycles. The second kappa shape index (κ2) is 9.49. The first-order chi connectivity index (χ1) is 14.8. The number of hydrazine groups is 1. The van der Waals surface area contributed by atoms with Crippen LogP contribution in [0.1, 0.15) is 46.2 Å². The number of unbranched alkanes of at least 4 members (excludes halogenated alkanes) is 1. The normalized spacial score (nSPS) is 11.2. The first kappa shape index (κ1) is 22.1. The van der Waals surface area contributed by atoms with Gasteiger partial charge in [-0.3, -0.25) is 20.4 Å². The van der Waals surface area contributed by atoms with E-state index in [2.05, 4.69) is 28.1 Å². The van der Waals surface area contributed by atoms with Crippen LogP contribution in [0, 0.1) is 0 Å². The van der Waals surface area contributed by atoms with Crippen LogP contribution in [-0.2, 0) is 16.4 Å². The van der Waals surface area contributed by atoms with Gasteiger partial charge < -0.3 is 0 Å². The maximum absolute atomic E-state index is 12.3. The molecule has 11 heteroatoms. The van der Waals surface area contributed by atoms with E-state index in [1.54, 1.807) is 28.9 Å². The van der Waals surface area contributed by atoms with Gasteiger partial charge in [-0.15, -0.1) is 5.10 Å². The topological polar surface area (TPSA) is 149 Å². The van der Waals surface area contributed by atoms with E-state index in [1.807, 2.05) is 6.20 Å². The zero-order valence-electron chi connectivity index (χ0n) is 16.8. The van der Waals surface area contributed by atoms with Gasteiger partial charge in [0.25, 0.3) is 11.8 Å². The summed E-state index contributed by atoms with van der Waals surface area (Å²) in [4.78, 5) is 24.3. The molecule has 1 aromatic heterocycles. The number of hydrogen-bond acceptors (Lipinski definition) is 6. The lowest BCUT2D eigenvalue weighted by molar-refractivity contribution is 0.0846. The van der Waals surface area contributed by atoms with E-state index in [4.69, 9.17) is 5.14 Å². The van der Waals surface area contributed by atoms with Crippen LogP contribution in [0.15, 0.2) is 59.6 Å². The van der Waals surface area contributed by atoms with Crippen LogP contribution in [0.25, 0.3) is 5.69 Å². The Labute approximate surface area is 179 Å². The molecule has 0 aliphatic carbocycles. The second-order valence-electron chi connectivity index (χ2n) is 6.79. The molecule has 0 radical (unpaired) electrons. The highest BCUT2D eigenvalue weighted by Crippen LogP contribution is 2.11. The summed E-state index contributed by atoms with van der Waals surface area (Å²) in [6, 6.07) is 11.8. The van der Waals surface area contributed by atoms with Gasteiger partial charge in [0, 0.05) is 11.1 Å². The number of carbonyl (C=O) groups excluding carboxylic acids is 2. The SMILES string of the molecule is CCCCc1cn(-c2ccc(C(=O)NNC(=O)c3cccc(S(N)(=O)=O)c3)cc2)nn1. The molecule has 0 fully saturated rings. The summed E-state index contributed by atoms with van der Waals surface area (Å²) < 4.78 is 24.4. The standard InChI is InChI=1S/C20H22N6O4S/c1-2-3-6-16-13-26(25-22-16)17-10-8-14(9-11-17)19(27)23-24-20(28)15-5-4-7-18(12-15)31(21,29)30/h4-5,7-13H,2-3,6H2,1H3,(H,23,27)(H,24,28)(H2,21,29,30). The Bertz CT molecular complexity index is 1190. The number of amides is 2. The highest BCUT2D eigenvalue weighted by Gasteiger charge is 2.13. The molecule has 10 nitrogen and oxygen atoms in total. The molecule has 0 atom stereocenters. The number of rotatable bonds is 7. The molecule has 2 amide bonds. The molecular weight excluding hydrogens is 420 g/mol. The minimum Gasteiger partial charge on any atom is -0.267 e. The summed E-state index contributed by atoms with van der Waals surface area (Å²) in [6.07, 6.45) is 4.82. The average Bonchev–Trinajstić information content (AvgIpc) is 3.24. The first-order valence-electron chi connectivity index (χ1n) is 9.53. The van der Waals surface area contributed by atoms with Gasteiger partial charge in [0.15, 0.2) is 0 Å². The van der Waals surface area contributed by atoms with Gasteiger partial charge in [0.1, 0.15) is 0 Å². The Balaban J connectivity index is 1.61. The number of nitrogens with one attached hydrogen (secondary N) is 2. The summed E-state index contributed by atoms with van der Waals surface area (Å²) in [7, 11) is -3.94. The highest BCUT2D eigenvalue weighted by atomic mass is 32.2. The molecule has 0 unspecified atom stereocenters. The summed E-state index contributed by atoms with van der Waals surface area (Å²) in [5, 5.41) is 13.3. The van der Waals surface area contributed by atoms with Crippen molar-refractivity contribution >= 4 is 21.8 Å². The van der Waals surface area contributed by atoms with Gasteiger partial charge >= 0.3 is 0 Å². The van der Waals surface area contributed by atoms with Gasteiger partial charge in [-0.25, -0.2) is 18.2 Å². The lowest BCUT2D eigenvalue weighted by Crippen LogP contribution is -2.41. The molecule has 31 heavy (non-hydrogen) atoms. The summed E-state index contributed by atoms with van der Waals surface area (Å²) in [5.74, 6) is -1.22. The van der Waals surface area contributed by atoms with Crippen molar-refractivity contribution < 1.29 is 18.0 Å². The van der Waals surface area contributed by atoms with Gasteiger partial charge in [-0.2, -0.15) is 0 Å². The maximum Gasteiger partial charge on any atom is 0.269 e. The van der Waals surface area contributed by atoms with Crippen LogP contribution < -0.4 is 16.0 Å². The van der Waals surface area contributed by atoms with Crippen molar-refractivity contribution in [1.82, 2.24) is 25.8 Å².